The van der Waals surface area contributed by atoms with Crippen LogP contribution in [0.5, 0.6) is 0 Å². The third-order valence-corrected chi connectivity index (χ3v) is 4.65. The van der Waals surface area contributed by atoms with Crippen LogP contribution < -0.4 is 4.72 Å². The van der Waals surface area contributed by atoms with Gasteiger partial charge in [0.2, 0.25) is 10.0 Å². The molecule has 0 saturated carbocycles. The summed E-state index contributed by atoms with van der Waals surface area (Å²) in [6, 6.07) is 5.45. The highest BCUT2D eigenvalue weighted by atomic mass is 32.2. The van der Waals surface area contributed by atoms with Crippen LogP contribution in [0.1, 0.15) is 34.6 Å². The summed E-state index contributed by atoms with van der Waals surface area (Å²) < 4.78 is 37.0. The lowest BCUT2D eigenvalue weighted by molar-refractivity contribution is -0.135. The van der Waals surface area contributed by atoms with Crippen molar-refractivity contribution in [3.05, 3.63) is 30.1 Å². The summed E-state index contributed by atoms with van der Waals surface area (Å²) in [6.45, 7) is 11.6. The normalized spacial score (nSPS) is 11.5. The Balaban J connectivity index is 0.000000506. The average molecular weight is 362 g/mol. The van der Waals surface area contributed by atoms with Crippen molar-refractivity contribution in [2.75, 3.05) is 13.1 Å². The fourth-order valence-corrected chi connectivity index (χ4v) is 3.15. The molecule has 0 heterocycles. The van der Waals surface area contributed by atoms with Gasteiger partial charge in [-0.05, 0) is 58.5 Å². The molecule has 8 heteroatoms. The quantitative estimate of drug-likeness (QED) is 0.777. The zero-order chi connectivity index (χ0) is 18.9. The van der Waals surface area contributed by atoms with E-state index >= 15 is 0 Å². The van der Waals surface area contributed by atoms with Gasteiger partial charge in [0.1, 0.15) is 12.4 Å². The highest BCUT2D eigenvalue weighted by Crippen LogP contribution is 2.08. The highest BCUT2D eigenvalue weighted by Gasteiger charge is 2.14. The third kappa shape index (κ3) is 8.37. The molecule has 0 bridgehead atoms. The van der Waals surface area contributed by atoms with Gasteiger partial charge in [-0.1, -0.05) is 6.92 Å². The lowest BCUT2D eigenvalue weighted by atomic mass is 10.2. The average Bonchev–Trinajstić information content (AvgIpc) is 2.46. The fraction of sp³-hybridized carbons (Fsp3) is 0.562. The molecule has 24 heavy (non-hydrogen) atoms. The van der Waals surface area contributed by atoms with Crippen molar-refractivity contribution in [2.45, 2.75) is 51.6 Å². The molecule has 0 saturated heterocycles. The SMILES string of the molecule is CCN(C(C)C)C(C)C.O=C(O)CNS(=O)(=O)c1ccc(F)cc1. The molecule has 0 aliphatic heterocycles. The van der Waals surface area contributed by atoms with Gasteiger partial charge in [-0.25, -0.2) is 12.8 Å². The predicted molar refractivity (Wildman–Crippen MR) is 91.9 cm³/mol. The Kier molecular flexibility index (Phi) is 9.72. The van der Waals surface area contributed by atoms with Crippen LogP contribution in [0.4, 0.5) is 4.39 Å². The van der Waals surface area contributed by atoms with Crippen LogP contribution in [0.2, 0.25) is 0 Å². The van der Waals surface area contributed by atoms with Gasteiger partial charge in [0.05, 0.1) is 4.90 Å². The first-order valence-corrected chi connectivity index (χ1v) is 9.22. The maximum absolute atomic E-state index is 12.5. The van der Waals surface area contributed by atoms with E-state index in [2.05, 4.69) is 39.5 Å². The van der Waals surface area contributed by atoms with E-state index in [1.54, 1.807) is 0 Å². The number of benzene rings is 1. The number of nitrogens with one attached hydrogen (secondary N) is 1. The molecule has 6 nitrogen and oxygen atoms in total. The summed E-state index contributed by atoms with van der Waals surface area (Å²) in [5, 5.41) is 8.28. The molecule has 0 fully saturated rings. The van der Waals surface area contributed by atoms with Crippen LogP contribution in [-0.2, 0) is 14.8 Å². The summed E-state index contributed by atoms with van der Waals surface area (Å²) in [6.07, 6.45) is 0. The number of rotatable bonds is 7. The van der Waals surface area contributed by atoms with Gasteiger partial charge in [-0.3, -0.25) is 9.69 Å². The van der Waals surface area contributed by atoms with Gasteiger partial charge in [-0.15, -0.1) is 0 Å². The Hall–Kier alpha value is -1.51. The number of aliphatic carboxylic acids is 1. The topological polar surface area (TPSA) is 86.7 Å². The minimum absolute atomic E-state index is 0.176. The second-order valence-electron chi connectivity index (χ2n) is 5.69. The molecular weight excluding hydrogens is 335 g/mol. The van der Waals surface area contributed by atoms with Gasteiger partial charge < -0.3 is 5.11 Å². The molecule has 0 aliphatic rings. The summed E-state index contributed by atoms with van der Waals surface area (Å²) in [4.78, 5) is 12.4. The van der Waals surface area contributed by atoms with Crippen molar-refractivity contribution in [3.63, 3.8) is 0 Å². The van der Waals surface area contributed by atoms with Crippen molar-refractivity contribution in [1.82, 2.24) is 9.62 Å². The lowest BCUT2D eigenvalue weighted by Crippen LogP contribution is -2.36. The molecule has 138 valence electrons. The lowest BCUT2D eigenvalue weighted by Gasteiger charge is -2.28. The Labute approximate surface area is 143 Å². The first-order chi connectivity index (χ1) is 11.0. The standard InChI is InChI=1S/C8H8FNO4S.C8H19N/c9-6-1-3-7(4-2-6)15(13,14)10-5-8(11)12;1-6-9(7(2)3)8(4)5/h1-4,10H,5H2,(H,11,12);7-8H,6H2,1-5H3. The van der Waals surface area contributed by atoms with Gasteiger partial charge in [0.25, 0.3) is 0 Å². The van der Waals surface area contributed by atoms with Gasteiger partial charge in [-0.2, -0.15) is 4.72 Å². The number of nitrogens with zero attached hydrogens (tertiary/aromatic N) is 1. The molecule has 1 aromatic rings. The molecule has 0 aliphatic carbocycles. The first-order valence-electron chi connectivity index (χ1n) is 7.74. The van der Waals surface area contributed by atoms with E-state index in [0.29, 0.717) is 12.1 Å². The van der Waals surface area contributed by atoms with Crippen LogP contribution in [-0.4, -0.2) is 49.6 Å². The molecule has 0 radical (unpaired) electrons. The largest absolute Gasteiger partial charge is 0.480 e. The van der Waals surface area contributed by atoms with Crippen molar-refractivity contribution < 1.29 is 22.7 Å². The number of carboxylic acid groups (broad SMARTS) is 1. The second-order valence-corrected chi connectivity index (χ2v) is 7.46. The van der Waals surface area contributed by atoms with Crippen molar-refractivity contribution in [3.8, 4) is 0 Å². The molecule has 0 aromatic heterocycles. The van der Waals surface area contributed by atoms with Crippen molar-refractivity contribution >= 4 is 16.0 Å². The number of halogens is 1. The number of carboxylic acids is 1. The summed E-state index contributed by atoms with van der Waals surface area (Å²) in [5.74, 6) is -1.85. The number of hydrogen-bond donors (Lipinski definition) is 2. The van der Waals surface area contributed by atoms with Gasteiger partial charge >= 0.3 is 5.97 Å². The summed E-state index contributed by atoms with van der Waals surface area (Å²) in [5.41, 5.74) is 0. The monoisotopic (exact) mass is 362 g/mol. The fourth-order valence-electron chi connectivity index (χ4n) is 2.18. The molecule has 2 N–H and O–H groups in total. The third-order valence-electron chi connectivity index (χ3n) is 3.23. The molecule has 1 rings (SSSR count). The molecular formula is C16H27FN2O4S. The number of sulfonamides is 1. The maximum atomic E-state index is 12.5. The minimum atomic E-state index is -3.87. The van der Waals surface area contributed by atoms with Crippen LogP contribution >= 0.6 is 0 Å². The van der Waals surface area contributed by atoms with E-state index in [4.69, 9.17) is 5.11 Å². The van der Waals surface area contributed by atoms with Crippen LogP contribution in [0.25, 0.3) is 0 Å². The molecule has 0 amide bonds. The number of hydrogen-bond acceptors (Lipinski definition) is 4. The van der Waals surface area contributed by atoms with E-state index in [1.165, 1.54) is 0 Å². The van der Waals surface area contributed by atoms with Crippen LogP contribution in [0.15, 0.2) is 29.2 Å². The van der Waals surface area contributed by atoms with E-state index < -0.39 is 28.4 Å². The Morgan fingerprint density at radius 2 is 1.62 bits per heavy atom. The van der Waals surface area contributed by atoms with E-state index in [0.717, 1.165) is 30.8 Å². The van der Waals surface area contributed by atoms with Gasteiger partial charge in [0.15, 0.2) is 0 Å². The highest BCUT2D eigenvalue weighted by molar-refractivity contribution is 7.89. The number of carbonyl (C=O) groups is 1. The minimum Gasteiger partial charge on any atom is -0.480 e. The van der Waals surface area contributed by atoms with Crippen LogP contribution in [0, 0.1) is 5.82 Å². The Morgan fingerprint density at radius 1 is 1.17 bits per heavy atom. The van der Waals surface area contributed by atoms with E-state index in [9.17, 15) is 17.6 Å². The predicted octanol–water partition coefficient (Wildman–Crippen LogP) is 2.31. The molecule has 0 spiro atoms. The molecule has 1 aromatic carbocycles. The smallest absolute Gasteiger partial charge is 0.318 e. The molecule has 0 unspecified atom stereocenters. The first kappa shape index (κ1) is 22.5. The van der Waals surface area contributed by atoms with Crippen molar-refractivity contribution in [1.29, 1.82) is 0 Å². The maximum Gasteiger partial charge on any atom is 0.318 e. The zero-order valence-corrected chi connectivity index (χ0v) is 15.6. The second kappa shape index (κ2) is 10.4. The van der Waals surface area contributed by atoms with Crippen LogP contribution in [0.3, 0.4) is 0 Å². The summed E-state index contributed by atoms with van der Waals surface area (Å²) >= 11 is 0. The zero-order valence-electron chi connectivity index (χ0n) is 14.8. The van der Waals surface area contributed by atoms with Crippen molar-refractivity contribution in [2.24, 2.45) is 0 Å². The summed E-state index contributed by atoms with van der Waals surface area (Å²) in [7, 11) is -3.87. The Morgan fingerprint density at radius 3 is 1.92 bits per heavy atom. The van der Waals surface area contributed by atoms with E-state index in [1.807, 2.05) is 4.72 Å². The molecule has 0 atom stereocenters. The Bertz CT molecular complexity index is 593. The van der Waals surface area contributed by atoms with Gasteiger partial charge in [0, 0.05) is 12.1 Å². The van der Waals surface area contributed by atoms with E-state index in [-0.39, 0.29) is 4.90 Å².